The fourth-order valence-electron chi connectivity index (χ4n) is 1.17. The van der Waals surface area contributed by atoms with Crippen molar-refractivity contribution in [1.82, 2.24) is 5.32 Å². The number of nitrogens with one attached hydrogen (secondary N) is 1. The summed E-state index contributed by atoms with van der Waals surface area (Å²) in [4.78, 5) is 0. The molecule has 0 aromatic heterocycles. The predicted octanol–water partition coefficient (Wildman–Crippen LogP) is -0.241. The summed E-state index contributed by atoms with van der Waals surface area (Å²) >= 11 is 0. The Balaban J connectivity index is 0. The first kappa shape index (κ1) is 14.0. The molecule has 4 N–H and O–H groups in total. The van der Waals surface area contributed by atoms with Gasteiger partial charge in [-0.3, -0.25) is 0 Å². The molecule has 0 aromatic carbocycles. The van der Waals surface area contributed by atoms with Crippen LogP contribution >= 0.6 is 24.8 Å². The summed E-state index contributed by atoms with van der Waals surface area (Å²) in [6, 6.07) is 0. The summed E-state index contributed by atoms with van der Waals surface area (Å²) in [5, 5.41) is 12.3. The summed E-state index contributed by atoms with van der Waals surface area (Å²) in [6.07, 6.45) is 0.793. The number of aliphatic hydroxyl groups is 1. The number of rotatable bonds is 1. The first-order chi connectivity index (χ1) is 4.34. The molecule has 0 amide bonds. The van der Waals surface area contributed by atoms with Gasteiger partial charge in [0.15, 0.2) is 0 Å². The number of nitrogens with two attached hydrogens (primary N) is 1. The maximum atomic E-state index is 9.23. The van der Waals surface area contributed by atoms with E-state index in [9.17, 15) is 5.11 Å². The molecular formula is C6H16Cl2N2O. The van der Waals surface area contributed by atoms with Gasteiger partial charge in [-0.1, -0.05) is 0 Å². The van der Waals surface area contributed by atoms with Crippen LogP contribution in [0.15, 0.2) is 0 Å². The summed E-state index contributed by atoms with van der Waals surface area (Å²) in [6.45, 7) is 2.32. The monoisotopic (exact) mass is 202 g/mol. The van der Waals surface area contributed by atoms with E-state index in [4.69, 9.17) is 5.73 Å². The van der Waals surface area contributed by atoms with E-state index in [1.165, 1.54) is 0 Å². The van der Waals surface area contributed by atoms with E-state index in [2.05, 4.69) is 5.32 Å². The summed E-state index contributed by atoms with van der Waals surface area (Å²) in [5.41, 5.74) is 5.41. The normalized spacial score (nSPS) is 30.0. The molecule has 5 heteroatoms. The Labute approximate surface area is 79.5 Å². The minimum atomic E-state index is -0.219. The van der Waals surface area contributed by atoms with Crippen molar-refractivity contribution in [3.8, 4) is 0 Å². The van der Waals surface area contributed by atoms with Crippen LogP contribution in [0.1, 0.15) is 6.42 Å². The van der Waals surface area contributed by atoms with Gasteiger partial charge < -0.3 is 16.2 Å². The van der Waals surface area contributed by atoms with Gasteiger partial charge in [-0.2, -0.15) is 0 Å². The molecule has 1 aliphatic heterocycles. The lowest BCUT2D eigenvalue weighted by Gasteiger charge is -2.26. The largest absolute Gasteiger partial charge is 0.391 e. The van der Waals surface area contributed by atoms with E-state index in [1.54, 1.807) is 0 Å². The van der Waals surface area contributed by atoms with E-state index < -0.39 is 0 Å². The molecule has 0 aliphatic carbocycles. The van der Waals surface area contributed by atoms with Crippen molar-refractivity contribution in [1.29, 1.82) is 0 Å². The Hall–Kier alpha value is 0.460. The Morgan fingerprint density at radius 3 is 2.45 bits per heavy atom. The van der Waals surface area contributed by atoms with Crippen LogP contribution in [0.25, 0.3) is 0 Å². The van der Waals surface area contributed by atoms with E-state index >= 15 is 0 Å². The van der Waals surface area contributed by atoms with Crippen molar-refractivity contribution in [2.75, 3.05) is 19.6 Å². The second kappa shape index (κ2) is 7.13. The lowest BCUT2D eigenvalue weighted by Crippen LogP contribution is -2.43. The number of β-amino-alcohol motifs (C(OH)–C–C–N with tert-alkyl or cyclic N) is 1. The first-order valence-electron chi connectivity index (χ1n) is 3.43. The highest BCUT2D eigenvalue weighted by atomic mass is 35.5. The molecule has 0 spiro atoms. The van der Waals surface area contributed by atoms with Crippen molar-refractivity contribution >= 4 is 24.8 Å². The maximum absolute atomic E-state index is 9.23. The summed E-state index contributed by atoms with van der Waals surface area (Å²) < 4.78 is 0. The van der Waals surface area contributed by atoms with Gasteiger partial charge in [0, 0.05) is 6.54 Å². The van der Waals surface area contributed by atoms with Crippen LogP contribution in [0.4, 0.5) is 0 Å². The van der Waals surface area contributed by atoms with Crippen molar-refractivity contribution in [3.63, 3.8) is 0 Å². The predicted molar refractivity (Wildman–Crippen MR) is 50.5 cm³/mol. The van der Waals surface area contributed by atoms with Crippen LogP contribution in [-0.2, 0) is 0 Å². The zero-order valence-corrected chi connectivity index (χ0v) is 7.96. The maximum Gasteiger partial charge on any atom is 0.0705 e. The minimum absolute atomic E-state index is 0. The van der Waals surface area contributed by atoms with Gasteiger partial charge in [0.25, 0.3) is 0 Å². The fourth-order valence-corrected chi connectivity index (χ4v) is 1.17. The van der Waals surface area contributed by atoms with Crippen LogP contribution in [-0.4, -0.2) is 30.8 Å². The Morgan fingerprint density at radius 2 is 2.09 bits per heavy atom. The number of halogens is 2. The first-order valence-corrected chi connectivity index (χ1v) is 3.43. The molecule has 1 saturated heterocycles. The standard InChI is InChI=1S/C6H14N2O.2ClH/c7-3-5-1-2-8-4-6(5)9;;/h5-6,8-9H,1-4,7H2;2*1H/t5-,6-;;/m0../s1. The Kier molecular flexibility index (Phi) is 9.08. The molecule has 70 valence electrons. The molecule has 0 unspecified atom stereocenters. The van der Waals surface area contributed by atoms with Crippen LogP contribution < -0.4 is 11.1 Å². The Morgan fingerprint density at radius 1 is 1.45 bits per heavy atom. The average molecular weight is 203 g/mol. The molecule has 0 bridgehead atoms. The molecule has 0 saturated carbocycles. The van der Waals surface area contributed by atoms with Crippen LogP contribution in [0.5, 0.6) is 0 Å². The highest BCUT2D eigenvalue weighted by Gasteiger charge is 2.20. The fraction of sp³-hybridized carbons (Fsp3) is 1.00. The average Bonchev–Trinajstić information content (AvgIpc) is 1.89. The molecule has 11 heavy (non-hydrogen) atoms. The highest BCUT2D eigenvalue weighted by Crippen LogP contribution is 2.09. The van der Waals surface area contributed by atoms with Crippen LogP contribution in [0.3, 0.4) is 0 Å². The molecule has 2 atom stereocenters. The summed E-state index contributed by atoms with van der Waals surface area (Å²) in [7, 11) is 0. The molecule has 1 fully saturated rings. The SMILES string of the molecule is Cl.Cl.NC[C@@H]1CCNC[C@@H]1O. The smallest absolute Gasteiger partial charge is 0.0705 e. The second-order valence-corrected chi connectivity index (χ2v) is 2.56. The lowest BCUT2D eigenvalue weighted by molar-refractivity contribution is 0.0863. The molecular weight excluding hydrogens is 187 g/mol. The zero-order chi connectivity index (χ0) is 6.69. The molecule has 1 aliphatic rings. The number of hydrogen-bond acceptors (Lipinski definition) is 3. The minimum Gasteiger partial charge on any atom is -0.391 e. The van der Waals surface area contributed by atoms with Crippen molar-refractivity contribution in [2.45, 2.75) is 12.5 Å². The van der Waals surface area contributed by atoms with Crippen LogP contribution in [0, 0.1) is 5.92 Å². The molecule has 0 radical (unpaired) electrons. The van der Waals surface area contributed by atoms with Gasteiger partial charge in [-0.15, -0.1) is 24.8 Å². The van der Waals surface area contributed by atoms with Crippen molar-refractivity contribution < 1.29 is 5.11 Å². The summed E-state index contributed by atoms with van der Waals surface area (Å²) in [5.74, 6) is 0.325. The van der Waals surface area contributed by atoms with Gasteiger partial charge in [-0.05, 0) is 25.4 Å². The molecule has 3 nitrogen and oxygen atoms in total. The van der Waals surface area contributed by atoms with Crippen molar-refractivity contribution in [3.05, 3.63) is 0 Å². The van der Waals surface area contributed by atoms with Gasteiger partial charge >= 0.3 is 0 Å². The topological polar surface area (TPSA) is 58.3 Å². The van der Waals surface area contributed by atoms with E-state index in [0.717, 1.165) is 13.0 Å². The molecule has 1 heterocycles. The van der Waals surface area contributed by atoms with E-state index in [0.29, 0.717) is 19.0 Å². The van der Waals surface area contributed by atoms with Gasteiger partial charge in [0.1, 0.15) is 0 Å². The van der Waals surface area contributed by atoms with Gasteiger partial charge in [-0.25, -0.2) is 0 Å². The third-order valence-corrected chi connectivity index (χ3v) is 1.89. The lowest BCUT2D eigenvalue weighted by atomic mass is 9.96. The van der Waals surface area contributed by atoms with E-state index in [-0.39, 0.29) is 30.9 Å². The number of aliphatic hydroxyl groups excluding tert-OH is 1. The zero-order valence-electron chi connectivity index (χ0n) is 6.32. The number of piperidine rings is 1. The molecule has 1 rings (SSSR count). The second-order valence-electron chi connectivity index (χ2n) is 2.56. The van der Waals surface area contributed by atoms with Crippen molar-refractivity contribution in [2.24, 2.45) is 11.7 Å². The van der Waals surface area contributed by atoms with Gasteiger partial charge in [0.05, 0.1) is 6.10 Å². The third-order valence-electron chi connectivity index (χ3n) is 1.89. The quantitative estimate of drug-likeness (QED) is 0.551. The number of hydrogen-bond donors (Lipinski definition) is 3. The molecule has 0 aromatic rings. The van der Waals surface area contributed by atoms with E-state index in [1.807, 2.05) is 0 Å². The van der Waals surface area contributed by atoms with Crippen LogP contribution in [0.2, 0.25) is 0 Å². The third kappa shape index (κ3) is 4.13. The Bertz CT molecular complexity index is 94.7. The van der Waals surface area contributed by atoms with Gasteiger partial charge in [0.2, 0.25) is 0 Å². The highest BCUT2D eigenvalue weighted by molar-refractivity contribution is 5.85.